The van der Waals surface area contributed by atoms with Gasteiger partial charge in [-0.15, -0.1) is 0 Å². The lowest BCUT2D eigenvalue weighted by atomic mass is 9.97. The van der Waals surface area contributed by atoms with Crippen LogP contribution in [0.25, 0.3) is 21.8 Å². The predicted molar refractivity (Wildman–Crippen MR) is 135 cm³/mol. The first-order valence-corrected chi connectivity index (χ1v) is 12.5. The number of fused-ring (bicyclic) bond motifs is 4. The van der Waals surface area contributed by atoms with Crippen LogP contribution >= 0.6 is 11.6 Å². The van der Waals surface area contributed by atoms with Crippen LogP contribution in [0.3, 0.4) is 0 Å². The van der Waals surface area contributed by atoms with E-state index in [-0.39, 0.29) is 53.0 Å². The molecule has 1 saturated heterocycles. The highest BCUT2D eigenvalue weighted by Gasteiger charge is 2.51. The van der Waals surface area contributed by atoms with Gasteiger partial charge in [0.1, 0.15) is 18.4 Å². The fraction of sp³-hybridized carbons (Fsp3) is 0.308. The topological polar surface area (TPSA) is 126 Å². The van der Waals surface area contributed by atoms with Crippen molar-refractivity contribution in [2.24, 2.45) is 11.7 Å². The minimum Gasteiger partial charge on any atom is -0.364 e. The van der Waals surface area contributed by atoms with Crippen LogP contribution in [0.4, 0.5) is 4.39 Å². The smallest absolute Gasteiger partial charge is 0.269 e. The van der Waals surface area contributed by atoms with Crippen LogP contribution < -0.4 is 11.1 Å². The van der Waals surface area contributed by atoms with Crippen LogP contribution in [0.1, 0.15) is 35.3 Å². The molecule has 37 heavy (non-hydrogen) atoms. The fourth-order valence-corrected chi connectivity index (χ4v) is 6.17. The summed E-state index contributed by atoms with van der Waals surface area (Å²) in [5.74, 6) is -1.70. The number of carbonyl (C=O) groups is 3. The molecule has 11 heteroatoms. The van der Waals surface area contributed by atoms with Crippen molar-refractivity contribution < 1.29 is 18.8 Å². The zero-order valence-corrected chi connectivity index (χ0v) is 20.5. The molecule has 2 aliphatic rings. The SMILES string of the molecule is NC(=O)c1nn(CC(=O)N2[C@@H]3CC[C@@H](C3)[C@H]2C(=O)NCc2ccc3[nH]cc(Cl)c3c2F)c2ccccc12. The molecule has 2 aromatic carbocycles. The summed E-state index contributed by atoms with van der Waals surface area (Å²) >= 11 is 6.10. The number of H-pyrrole nitrogens is 1. The van der Waals surface area contributed by atoms with Gasteiger partial charge in [0.15, 0.2) is 5.69 Å². The van der Waals surface area contributed by atoms with E-state index in [2.05, 4.69) is 15.4 Å². The number of hydrogen-bond acceptors (Lipinski definition) is 4. The van der Waals surface area contributed by atoms with Crippen LogP contribution in [0, 0.1) is 11.7 Å². The monoisotopic (exact) mass is 522 g/mol. The Bertz CT molecular complexity index is 1580. The average Bonchev–Trinajstić information content (AvgIpc) is 3.66. The number of benzene rings is 2. The second-order valence-electron chi connectivity index (χ2n) is 9.68. The number of primary amides is 1. The second kappa shape index (κ2) is 8.88. The zero-order chi connectivity index (χ0) is 25.8. The molecule has 3 atom stereocenters. The van der Waals surface area contributed by atoms with E-state index in [0.717, 1.165) is 19.3 Å². The third kappa shape index (κ3) is 3.83. The minimum atomic E-state index is -0.675. The van der Waals surface area contributed by atoms with Crippen molar-refractivity contribution in [1.82, 2.24) is 25.0 Å². The molecule has 3 heterocycles. The van der Waals surface area contributed by atoms with E-state index >= 15 is 4.39 Å². The fourth-order valence-electron chi connectivity index (χ4n) is 5.93. The number of likely N-dealkylation sites (tertiary alicyclic amines) is 1. The van der Waals surface area contributed by atoms with Gasteiger partial charge in [0, 0.05) is 35.2 Å². The Morgan fingerprint density at radius 3 is 2.81 bits per heavy atom. The van der Waals surface area contributed by atoms with Crippen molar-refractivity contribution in [3.63, 3.8) is 0 Å². The number of amides is 3. The number of carbonyl (C=O) groups excluding carboxylic acids is 3. The van der Waals surface area contributed by atoms with Gasteiger partial charge in [0.2, 0.25) is 11.8 Å². The summed E-state index contributed by atoms with van der Waals surface area (Å²) in [6.45, 7) is -0.151. The molecule has 2 bridgehead atoms. The first-order valence-electron chi connectivity index (χ1n) is 12.1. The Morgan fingerprint density at radius 2 is 2.00 bits per heavy atom. The molecule has 0 radical (unpaired) electrons. The Labute approximate surface area is 215 Å². The molecular formula is C26H24ClFN6O3. The summed E-state index contributed by atoms with van der Waals surface area (Å²) < 4.78 is 16.5. The number of hydrogen-bond donors (Lipinski definition) is 3. The number of nitrogens with two attached hydrogens (primary N) is 1. The first kappa shape index (κ1) is 23.5. The summed E-state index contributed by atoms with van der Waals surface area (Å²) in [5, 5.41) is 8.24. The van der Waals surface area contributed by atoms with Crippen molar-refractivity contribution >= 4 is 51.1 Å². The largest absolute Gasteiger partial charge is 0.364 e. The average molecular weight is 523 g/mol. The molecule has 1 aliphatic carbocycles. The lowest BCUT2D eigenvalue weighted by molar-refractivity contribution is -0.143. The van der Waals surface area contributed by atoms with Crippen molar-refractivity contribution in [1.29, 1.82) is 0 Å². The van der Waals surface area contributed by atoms with Gasteiger partial charge in [0.25, 0.3) is 5.91 Å². The summed E-state index contributed by atoms with van der Waals surface area (Å²) in [6.07, 6.45) is 3.94. The molecule has 2 fully saturated rings. The number of piperidine rings is 1. The third-order valence-corrected chi connectivity index (χ3v) is 7.88. The van der Waals surface area contributed by atoms with E-state index in [4.69, 9.17) is 17.3 Å². The van der Waals surface area contributed by atoms with Crippen LogP contribution in [0.2, 0.25) is 5.02 Å². The minimum absolute atomic E-state index is 0.0240. The molecule has 3 amide bonds. The summed E-state index contributed by atoms with van der Waals surface area (Å²) in [4.78, 5) is 43.3. The maximum absolute atomic E-state index is 15.0. The van der Waals surface area contributed by atoms with E-state index in [1.54, 1.807) is 41.3 Å². The Hall–Kier alpha value is -3.92. The molecule has 9 nitrogen and oxygen atoms in total. The van der Waals surface area contributed by atoms with Crippen LogP contribution in [0.15, 0.2) is 42.6 Å². The maximum Gasteiger partial charge on any atom is 0.269 e. The lowest BCUT2D eigenvalue weighted by Gasteiger charge is -2.34. The number of para-hydroxylation sites is 1. The Balaban J connectivity index is 1.22. The summed E-state index contributed by atoms with van der Waals surface area (Å²) in [5.41, 5.74) is 7.08. The van der Waals surface area contributed by atoms with Crippen LogP contribution in [-0.4, -0.2) is 49.5 Å². The van der Waals surface area contributed by atoms with Crippen molar-refractivity contribution in [2.45, 2.75) is 44.4 Å². The highest BCUT2D eigenvalue weighted by atomic mass is 35.5. The molecule has 1 aliphatic heterocycles. The first-order chi connectivity index (χ1) is 17.8. The molecule has 4 aromatic rings. The molecule has 6 rings (SSSR count). The van der Waals surface area contributed by atoms with Gasteiger partial charge in [-0.3, -0.25) is 19.1 Å². The number of aromatic nitrogens is 3. The lowest BCUT2D eigenvalue weighted by Crippen LogP contribution is -2.53. The highest BCUT2D eigenvalue weighted by molar-refractivity contribution is 6.35. The highest BCUT2D eigenvalue weighted by Crippen LogP contribution is 2.43. The molecule has 190 valence electrons. The van der Waals surface area contributed by atoms with Gasteiger partial charge in [-0.25, -0.2) is 4.39 Å². The summed E-state index contributed by atoms with van der Waals surface area (Å²) in [6, 6.07) is 9.69. The van der Waals surface area contributed by atoms with Gasteiger partial charge in [-0.05, 0) is 37.3 Å². The standard InChI is InChI=1S/C26H24ClFN6O3/c27-17-11-30-18-8-6-14(22(28)21(17)18)10-31-26(37)24-13-5-7-15(9-13)34(24)20(35)12-33-19-4-2-1-3-16(19)23(32-33)25(29)36/h1-4,6,8,11,13,15,24,30H,5,7,9-10,12H2,(H2,29,36)(H,31,37)/t13-,15+,24-/m0/s1. The van der Waals surface area contributed by atoms with E-state index in [1.165, 1.54) is 10.9 Å². The van der Waals surface area contributed by atoms with Gasteiger partial charge in [-0.1, -0.05) is 35.9 Å². The van der Waals surface area contributed by atoms with Crippen molar-refractivity contribution in [3.8, 4) is 0 Å². The second-order valence-corrected chi connectivity index (χ2v) is 10.1. The molecule has 0 spiro atoms. The van der Waals surface area contributed by atoms with E-state index in [0.29, 0.717) is 22.0 Å². The van der Waals surface area contributed by atoms with Crippen molar-refractivity contribution in [3.05, 3.63) is 64.7 Å². The number of rotatable bonds is 6. The molecule has 4 N–H and O–H groups in total. The maximum atomic E-state index is 15.0. The van der Waals surface area contributed by atoms with Gasteiger partial charge in [0.05, 0.1) is 15.9 Å². The van der Waals surface area contributed by atoms with Gasteiger partial charge in [-0.2, -0.15) is 5.10 Å². The molecule has 2 aromatic heterocycles. The Kier molecular flexibility index (Phi) is 5.63. The number of halogens is 2. The predicted octanol–water partition coefficient (Wildman–Crippen LogP) is 3.10. The van der Waals surface area contributed by atoms with E-state index < -0.39 is 17.8 Å². The van der Waals surface area contributed by atoms with Gasteiger partial charge < -0.3 is 20.9 Å². The van der Waals surface area contributed by atoms with Crippen LogP contribution in [0.5, 0.6) is 0 Å². The summed E-state index contributed by atoms with van der Waals surface area (Å²) in [7, 11) is 0. The number of nitrogens with one attached hydrogen (secondary N) is 2. The number of aromatic amines is 1. The van der Waals surface area contributed by atoms with Crippen molar-refractivity contribution in [2.75, 3.05) is 0 Å². The number of nitrogens with zero attached hydrogens (tertiary/aromatic N) is 3. The normalized spacial score (nSPS) is 20.7. The zero-order valence-electron chi connectivity index (χ0n) is 19.7. The van der Waals surface area contributed by atoms with E-state index in [1.807, 2.05) is 0 Å². The van der Waals surface area contributed by atoms with Gasteiger partial charge >= 0.3 is 0 Å². The molecule has 1 saturated carbocycles. The van der Waals surface area contributed by atoms with E-state index in [9.17, 15) is 14.4 Å². The Morgan fingerprint density at radius 1 is 1.19 bits per heavy atom. The molecular weight excluding hydrogens is 499 g/mol. The quantitative estimate of drug-likeness (QED) is 0.359. The molecule has 0 unspecified atom stereocenters. The van der Waals surface area contributed by atoms with Crippen LogP contribution in [-0.2, 0) is 22.7 Å². The third-order valence-electron chi connectivity index (χ3n) is 7.59.